The SMILES string of the molecule is CCC(C(=O)NCCC(C)(C)C(=O)O)c1ccc(F)cc1. The zero-order chi connectivity index (χ0) is 16.0. The summed E-state index contributed by atoms with van der Waals surface area (Å²) < 4.78 is 12.9. The van der Waals surface area contributed by atoms with Gasteiger partial charge in [-0.25, -0.2) is 4.39 Å². The average Bonchev–Trinajstić information content (AvgIpc) is 2.41. The molecular weight excluding hydrogens is 273 g/mol. The number of benzene rings is 1. The first-order valence-corrected chi connectivity index (χ1v) is 7.04. The molecule has 1 rings (SSSR count). The molecule has 1 atom stereocenters. The molecule has 0 heterocycles. The summed E-state index contributed by atoms with van der Waals surface area (Å²) in [5.41, 5.74) is -0.112. The number of carboxylic acid groups (broad SMARTS) is 1. The number of halogens is 1. The minimum atomic E-state index is -0.887. The lowest BCUT2D eigenvalue weighted by molar-refractivity contribution is -0.147. The fourth-order valence-corrected chi connectivity index (χ4v) is 2.00. The van der Waals surface area contributed by atoms with Crippen LogP contribution in [-0.4, -0.2) is 23.5 Å². The Morgan fingerprint density at radius 3 is 2.33 bits per heavy atom. The van der Waals surface area contributed by atoms with Gasteiger partial charge in [0.15, 0.2) is 0 Å². The summed E-state index contributed by atoms with van der Waals surface area (Å²) in [6, 6.07) is 5.87. The van der Waals surface area contributed by atoms with Crippen LogP contribution in [0.4, 0.5) is 4.39 Å². The maximum atomic E-state index is 12.9. The molecule has 116 valence electrons. The molecule has 0 aliphatic carbocycles. The van der Waals surface area contributed by atoms with Gasteiger partial charge in [-0.1, -0.05) is 19.1 Å². The first kappa shape index (κ1) is 17.1. The number of carbonyl (C=O) groups excluding carboxylic acids is 1. The van der Waals surface area contributed by atoms with Gasteiger partial charge in [0, 0.05) is 6.54 Å². The number of hydrogen-bond donors (Lipinski definition) is 2. The highest BCUT2D eigenvalue weighted by Crippen LogP contribution is 2.22. The number of hydrogen-bond acceptors (Lipinski definition) is 2. The number of amides is 1. The highest BCUT2D eigenvalue weighted by molar-refractivity contribution is 5.83. The van der Waals surface area contributed by atoms with Crippen LogP contribution >= 0.6 is 0 Å². The Bertz CT molecular complexity index is 497. The molecular formula is C16H22FNO3. The third-order valence-corrected chi connectivity index (χ3v) is 3.63. The maximum Gasteiger partial charge on any atom is 0.309 e. The van der Waals surface area contributed by atoms with Gasteiger partial charge in [0.1, 0.15) is 5.82 Å². The number of aliphatic carboxylic acids is 1. The summed E-state index contributed by atoms with van der Waals surface area (Å²) in [4.78, 5) is 23.2. The van der Waals surface area contributed by atoms with Crippen molar-refractivity contribution in [3.63, 3.8) is 0 Å². The van der Waals surface area contributed by atoms with Crippen molar-refractivity contribution in [3.05, 3.63) is 35.6 Å². The van der Waals surface area contributed by atoms with Crippen molar-refractivity contribution in [2.75, 3.05) is 6.54 Å². The van der Waals surface area contributed by atoms with Crippen LogP contribution in [0.25, 0.3) is 0 Å². The van der Waals surface area contributed by atoms with Crippen LogP contribution in [-0.2, 0) is 9.59 Å². The van der Waals surface area contributed by atoms with E-state index in [1.54, 1.807) is 26.0 Å². The zero-order valence-corrected chi connectivity index (χ0v) is 12.6. The van der Waals surface area contributed by atoms with Crippen LogP contribution in [0.2, 0.25) is 0 Å². The van der Waals surface area contributed by atoms with E-state index in [0.717, 1.165) is 5.56 Å². The Labute approximate surface area is 124 Å². The van der Waals surface area contributed by atoms with Crippen LogP contribution in [0.3, 0.4) is 0 Å². The van der Waals surface area contributed by atoms with Crippen LogP contribution in [0.5, 0.6) is 0 Å². The monoisotopic (exact) mass is 295 g/mol. The molecule has 0 aliphatic rings. The van der Waals surface area contributed by atoms with E-state index in [0.29, 0.717) is 19.4 Å². The van der Waals surface area contributed by atoms with Gasteiger partial charge in [-0.2, -0.15) is 0 Å². The largest absolute Gasteiger partial charge is 0.481 e. The minimum Gasteiger partial charge on any atom is -0.481 e. The fourth-order valence-electron chi connectivity index (χ4n) is 2.00. The van der Waals surface area contributed by atoms with Gasteiger partial charge in [0.05, 0.1) is 11.3 Å². The zero-order valence-electron chi connectivity index (χ0n) is 12.6. The lowest BCUT2D eigenvalue weighted by Gasteiger charge is -2.20. The van der Waals surface area contributed by atoms with Gasteiger partial charge in [0.25, 0.3) is 0 Å². The third-order valence-electron chi connectivity index (χ3n) is 3.63. The molecule has 4 nitrogen and oxygen atoms in total. The maximum absolute atomic E-state index is 12.9. The number of carbonyl (C=O) groups is 2. The van der Waals surface area contributed by atoms with Gasteiger partial charge in [0.2, 0.25) is 5.91 Å². The molecule has 1 aromatic carbocycles. The van der Waals surface area contributed by atoms with Crippen molar-refractivity contribution in [3.8, 4) is 0 Å². The Kier molecular flexibility index (Phi) is 5.88. The molecule has 0 saturated carbocycles. The summed E-state index contributed by atoms with van der Waals surface area (Å²) in [6.45, 7) is 5.43. The second kappa shape index (κ2) is 7.20. The topological polar surface area (TPSA) is 66.4 Å². The van der Waals surface area contributed by atoms with Gasteiger partial charge >= 0.3 is 5.97 Å². The lowest BCUT2D eigenvalue weighted by atomic mass is 9.89. The number of nitrogens with one attached hydrogen (secondary N) is 1. The molecule has 1 amide bonds. The predicted octanol–water partition coefficient (Wildman–Crippen LogP) is 2.94. The van der Waals surface area contributed by atoms with Crippen molar-refractivity contribution in [2.45, 2.75) is 39.5 Å². The van der Waals surface area contributed by atoms with E-state index in [1.807, 2.05) is 6.92 Å². The number of rotatable bonds is 7. The molecule has 0 aliphatic heterocycles. The summed E-state index contributed by atoms with van der Waals surface area (Å²) in [7, 11) is 0. The lowest BCUT2D eigenvalue weighted by Crippen LogP contribution is -2.34. The molecule has 0 aromatic heterocycles. The first-order chi connectivity index (χ1) is 9.77. The van der Waals surface area contributed by atoms with Gasteiger partial charge in [-0.05, 0) is 44.4 Å². The molecule has 2 N–H and O–H groups in total. The highest BCUT2D eigenvalue weighted by atomic mass is 19.1. The summed E-state index contributed by atoms with van der Waals surface area (Å²) in [5, 5.41) is 11.8. The molecule has 21 heavy (non-hydrogen) atoms. The Morgan fingerprint density at radius 1 is 1.29 bits per heavy atom. The molecule has 0 bridgehead atoms. The fraction of sp³-hybridized carbons (Fsp3) is 0.500. The molecule has 0 spiro atoms. The van der Waals surface area contributed by atoms with Crippen LogP contribution in [0.1, 0.15) is 45.1 Å². The summed E-state index contributed by atoms with van der Waals surface area (Å²) >= 11 is 0. The van der Waals surface area contributed by atoms with E-state index in [4.69, 9.17) is 5.11 Å². The highest BCUT2D eigenvalue weighted by Gasteiger charge is 2.27. The molecule has 5 heteroatoms. The minimum absolute atomic E-state index is 0.162. The molecule has 1 aromatic rings. The van der Waals surface area contributed by atoms with Crippen molar-refractivity contribution in [1.29, 1.82) is 0 Å². The first-order valence-electron chi connectivity index (χ1n) is 7.04. The third kappa shape index (κ3) is 4.85. The van der Waals surface area contributed by atoms with Crippen molar-refractivity contribution >= 4 is 11.9 Å². The molecule has 0 radical (unpaired) electrons. The van der Waals surface area contributed by atoms with Gasteiger partial charge < -0.3 is 10.4 Å². The smallest absolute Gasteiger partial charge is 0.309 e. The molecule has 0 fully saturated rings. The predicted molar refractivity (Wildman–Crippen MR) is 78.5 cm³/mol. The molecule has 0 saturated heterocycles. The van der Waals surface area contributed by atoms with Crippen LogP contribution in [0.15, 0.2) is 24.3 Å². The van der Waals surface area contributed by atoms with E-state index in [2.05, 4.69) is 5.32 Å². The second-order valence-electron chi connectivity index (χ2n) is 5.74. The average molecular weight is 295 g/mol. The Morgan fingerprint density at radius 2 is 1.86 bits per heavy atom. The quantitative estimate of drug-likeness (QED) is 0.812. The summed E-state index contributed by atoms with van der Waals surface area (Å²) in [5.74, 6) is -1.73. The van der Waals surface area contributed by atoms with E-state index >= 15 is 0 Å². The van der Waals surface area contributed by atoms with Gasteiger partial charge in [-0.3, -0.25) is 9.59 Å². The molecule has 1 unspecified atom stereocenters. The summed E-state index contributed by atoms with van der Waals surface area (Å²) in [6.07, 6.45) is 0.952. The van der Waals surface area contributed by atoms with Gasteiger partial charge in [-0.15, -0.1) is 0 Å². The van der Waals surface area contributed by atoms with Crippen molar-refractivity contribution in [2.24, 2.45) is 5.41 Å². The van der Waals surface area contributed by atoms with Crippen LogP contribution in [0, 0.1) is 11.2 Å². The Balaban J connectivity index is 2.60. The van der Waals surface area contributed by atoms with Crippen LogP contribution < -0.4 is 5.32 Å². The normalized spacial score (nSPS) is 12.8. The van der Waals surface area contributed by atoms with E-state index in [-0.39, 0.29) is 17.6 Å². The van der Waals surface area contributed by atoms with Crippen molar-refractivity contribution < 1.29 is 19.1 Å². The number of carboxylic acids is 1. The van der Waals surface area contributed by atoms with E-state index in [1.165, 1.54) is 12.1 Å². The standard InChI is InChI=1S/C16H22FNO3/c1-4-13(11-5-7-12(17)8-6-11)14(19)18-10-9-16(2,3)15(20)21/h5-8,13H,4,9-10H2,1-3H3,(H,18,19)(H,20,21). The second-order valence-corrected chi connectivity index (χ2v) is 5.74. The van der Waals surface area contributed by atoms with E-state index < -0.39 is 11.4 Å². The van der Waals surface area contributed by atoms with Crippen molar-refractivity contribution in [1.82, 2.24) is 5.32 Å². The van der Waals surface area contributed by atoms with E-state index in [9.17, 15) is 14.0 Å². The Hall–Kier alpha value is -1.91.